The summed E-state index contributed by atoms with van der Waals surface area (Å²) >= 11 is 0. The van der Waals surface area contributed by atoms with E-state index in [1.807, 2.05) is 206 Å². The maximum Gasteiger partial charge on any atom is 0.335 e. The number of anilines is 4. The van der Waals surface area contributed by atoms with Crippen LogP contribution in [0.1, 0.15) is 108 Å². The molecule has 0 radical (unpaired) electrons. The van der Waals surface area contributed by atoms with Crippen LogP contribution in [0.5, 0.6) is 11.5 Å². The van der Waals surface area contributed by atoms with Gasteiger partial charge in [-0.15, -0.1) is 0 Å². The average Bonchev–Trinajstić information content (AvgIpc) is 1.22. The number of carbonyl (C=O) groups is 10. The van der Waals surface area contributed by atoms with Gasteiger partial charge in [0.05, 0.1) is 67.6 Å². The summed E-state index contributed by atoms with van der Waals surface area (Å²) in [6.45, 7) is 10.8. The van der Waals surface area contributed by atoms with Crippen molar-refractivity contribution in [3.8, 4) is 67.6 Å². The number of fused-ring (bicyclic) bond motifs is 8. The summed E-state index contributed by atoms with van der Waals surface area (Å²) in [4.78, 5) is 165. The first-order valence-electron chi connectivity index (χ1n) is 43.1. The van der Waals surface area contributed by atoms with E-state index in [2.05, 4.69) is 68.7 Å². The van der Waals surface area contributed by atoms with E-state index >= 15 is 38.4 Å². The van der Waals surface area contributed by atoms with Crippen molar-refractivity contribution in [3.05, 3.63) is 409 Å². The number of carbonyl (C=O) groups excluding carboxylic acids is 10. The van der Waals surface area contributed by atoms with Crippen molar-refractivity contribution >= 4 is 169 Å². The van der Waals surface area contributed by atoms with Gasteiger partial charge in [-0.05, 0) is 179 Å². The van der Waals surface area contributed by atoms with Gasteiger partial charge in [0.15, 0.2) is 11.5 Å². The van der Waals surface area contributed by atoms with Crippen molar-refractivity contribution in [2.75, 3.05) is 19.6 Å². The van der Waals surface area contributed by atoms with Gasteiger partial charge in [-0.25, -0.2) is 29.2 Å². The second-order valence-electron chi connectivity index (χ2n) is 34.0. The van der Waals surface area contributed by atoms with E-state index in [4.69, 9.17) is 9.47 Å². The fourth-order valence-corrected chi connectivity index (χ4v) is 20.4. The lowest BCUT2D eigenvalue weighted by molar-refractivity contribution is -0.129. The number of aromatic amines is 2. The van der Waals surface area contributed by atoms with Gasteiger partial charge >= 0.3 is 11.9 Å². The van der Waals surface area contributed by atoms with Crippen molar-refractivity contribution in [1.29, 1.82) is 0 Å². The minimum Gasteiger partial charge on any atom is -0.421 e. The molecule has 2 N–H and O–H groups in total. The molecule has 24 rings (SSSR count). The Morgan fingerprint density at radius 1 is 0.286 bits per heavy atom. The molecule has 0 bridgehead atoms. The number of amides is 8. The number of nitrogens with zero attached hydrogens (tertiary/aromatic N) is 6. The van der Waals surface area contributed by atoms with Crippen LogP contribution < -0.4 is 29.1 Å². The van der Waals surface area contributed by atoms with Crippen LogP contribution >= 0.6 is 0 Å². The van der Waals surface area contributed by atoms with Gasteiger partial charge in [-0.2, -0.15) is 0 Å². The van der Waals surface area contributed by atoms with Crippen molar-refractivity contribution in [1.82, 2.24) is 19.1 Å². The van der Waals surface area contributed by atoms with Crippen LogP contribution in [0.2, 0.25) is 0 Å². The summed E-state index contributed by atoms with van der Waals surface area (Å²) in [5.74, 6) is -8.80. The highest BCUT2D eigenvalue weighted by atomic mass is 16.5. The summed E-state index contributed by atoms with van der Waals surface area (Å²) in [5.41, 5.74) is 12.6. The van der Waals surface area contributed by atoms with E-state index in [1.54, 1.807) is 26.0 Å². The predicted octanol–water partition coefficient (Wildman–Crippen LogP) is 23.5. The molecular weight excluding hydrogens is 1660 g/mol. The quantitative estimate of drug-likeness (QED) is 0.0397. The van der Waals surface area contributed by atoms with Crippen molar-refractivity contribution in [3.63, 3.8) is 0 Å². The van der Waals surface area contributed by atoms with Gasteiger partial charge in [0, 0.05) is 138 Å². The monoisotopic (exact) mass is 1730 g/mol. The van der Waals surface area contributed by atoms with E-state index in [-0.39, 0.29) is 100 Å². The Morgan fingerprint density at radius 3 is 0.887 bits per heavy atom. The number of ether oxygens (including phenoxy) is 2. The lowest BCUT2D eigenvalue weighted by Crippen LogP contribution is -2.44. The molecule has 632 valence electrons. The number of aromatic nitrogens is 4. The van der Waals surface area contributed by atoms with Crippen LogP contribution in [-0.4, -0.2) is 78.3 Å². The Hall–Kier alpha value is -18.3. The Kier molecular flexibility index (Phi) is 17.3. The number of benzene rings is 16. The summed E-state index contributed by atoms with van der Waals surface area (Å²) in [6, 6.07) is 100. The molecule has 0 aliphatic carbocycles. The van der Waals surface area contributed by atoms with E-state index in [0.717, 1.165) is 131 Å². The first-order valence-corrected chi connectivity index (χ1v) is 43.1. The third kappa shape index (κ3) is 11.6. The van der Waals surface area contributed by atoms with Crippen LogP contribution in [0.15, 0.2) is 353 Å². The van der Waals surface area contributed by atoms with E-state index in [0.29, 0.717) is 33.6 Å². The highest BCUT2D eigenvalue weighted by molar-refractivity contribution is 6.45. The molecule has 8 amide bonds. The number of hydrogen-bond acceptors (Lipinski definition) is 12. The summed E-state index contributed by atoms with van der Waals surface area (Å²) in [5, 5.41) is 6.07. The van der Waals surface area contributed by atoms with Crippen molar-refractivity contribution in [2.24, 2.45) is 0 Å². The molecule has 8 heterocycles. The number of imide groups is 4. The SMILES string of the molecule is C=CC(=O)Oc1ccc(C(C)(C)c2ccc(OC(=O)C=C)c(N3C(=O)c4ccc5c6c(ccc(c46)C3=O)C(=O)N(c3cc(-n4c6ccccc6c6ccccc64)cc(-n4c6ccccc6c6ccccc64)c3)C5=O)c2)cc1N1C(=O)c2ccc3c4c(ccc(c24)C1=O)C(=O)N(c1cc(-c2c(-c4ccccc4)[nH]c4ccccc24)cc(-c2c(-c4ccccc4)[nH]c4ccccc24)c1)C3=O. The standard InChI is InChI=1S/C113H68N8O12/c1-5-95(122)132-93-51-41-65(56-91(93)120-109(128)81-47-43-77-99-78(44-48-82(101(81)99)110(120)129)106(125)118(105(77)124)67-54-63(97-75-33-13-19-35-85(75)114-103(97)61-25-9-7-10-26-61)53-64(55-67)98-76-34-14-20-36-86(76)115-104(98)62-27-11-8-12-28-62)113(3,4)66-42-52-94(133-96(123)6-2)92(57-66)121-111(130)83-49-45-79-100-80(46-50-84(102(83)100)112(121)131)108(127)119(107(79)126)70-59-68(116-87-37-21-15-29-71(87)72-30-16-22-38-88(72)116)58-69(60-70)117-89-39-23-17-31-73(89)74-32-18-24-40-90(74)117/h5-60,114-115H,1-2H2,3-4H3. The fraction of sp³-hybridized carbons (Fsp3) is 0.0265. The zero-order chi connectivity index (χ0) is 90.4. The number of hydrogen-bond donors (Lipinski definition) is 2. The van der Waals surface area contributed by atoms with Crippen LogP contribution in [0, 0.1) is 0 Å². The number of para-hydroxylation sites is 6. The lowest BCUT2D eigenvalue weighted by Gasteiger charge is -2.34. The molecule has 0 saturated carbocycles. The molecule has 0 atom stereocenters. The average molecular weight is 1730 g/mol. The number of esters is 2. The van der Waals surface area contributed by atoms with Crippen LogP contribution in [0.25, 0.3) is 143 Å². The van der Waals surface area contributed by atoms with Crippen molar-refractivity contribution in [2.45, 2.75) is 19.3 Å². The summed E-state index contributed by atoms with van der Waals surface area (Å²) in [7, 11) is 0. The molecule has 20 nitrogen and oxygen atoms in total. The van der Waals surface area contributed by atoms with Crippen LogP contribution in [0.4, 0.5) is 22.7 Å². The Balaban J connectivity index is 0.581. The van der Waals surface area contributed by atoms with Gasteiger partial charge in [-0.3, -0.25) is 38.4 Å². The zero-order valence-electron chi connectivity index (χ0n) is 70.8. The maximum absolute atomic E-state index is 16.0. The van der Waals surface area contributed by atoms with Crippen molar-refractivity contribution < 1.29 is 57.4 Å². The summed E-state index contributed by atoms with van der Waals surface area (Å²) < 4.78 is 16.0. The third-order valence-corrected chi connectivity index (χ3v) is 26.5. The van der Waals surface area contributed by atoms with Crippen LogP contribution in [0.3, 0.4) is 0 Å². The van der Waals surface area contributed by atoms with Gasteiger partial charge in [0.2, 0.25) is 0 Å². The van der Waals surface area contributed by atoms with Gasteiger partial charge in [0.25, 0.3) is 47.3 Å². The normalized spacial score (nSPS) is 13.7. The Labute approximate surface area is 755 Å². The second-order valence-corrected chi connectivity index (χ2v) is 34.0. The Morgan fingerprint density at radius 2 is 0.564 bits per heavy atom. The molecule has 0 spiro atoms. The second kappa shape index (κ2) is 29.4. The van der Waals surface area contributed by atoms with E-state index in [1.165, 1.54) is 72.8 Å². The van der Waals surface area contributed by atoms with Gasteiger partial charge < -0.3 is 28.6 Å². The largest absolute Gasteiger partial charge is 0.421 e. The minimum atomic E-state index is -1.29. The third-order valence-electron chi connectivity index (χ3n) is 26.5. The number of rotatable bonds is 16. The van der Waals surface area contributed by atoms with E-state index in [9.17, 15) is 9.59 Å². The number of H-pyrrole nitrogens is 2. The smallest absolute Gasteiger partial charge is 0.335 e. The molecule has 4 aliphatic rings. The zero-order valence-corrected chi connectivity index (χ0v) is 70.8. The molecule has 0 fully saturated rings. The first-order chi connectivity index (χ1) is 64.8. The van der Waals surface area contributed by atoms with Gasteiger partial charge in [-0.1, -0.05) is 209 Å². The molecule has 4 aromatic heterocycles. The Bertz CT molecular complexity index is 8290. The van der Waals surface area contributed by atoms with Gasteiger partial charge in [0.1, 0.15) is 0 Å². The highest BCUT2D eigenvalue weighted by Crippen LogP contribution is 2.52. The predicted molar refractivity (Wildman–Crippen MR) is 516 cm³/mol. The fourth-order valence-electron chi connectivity index (χ4n) is 20.4. The molecule has 0 saturated heterocycles. The van der Waals surface area contributed by atoms with Crippen LogP contribution in [-0.2, 0) is 15.0 Å². The molecule has 0 unspecified atom stereocenters. The van der Waals surface area contributed by atoms with E-state index < -0.39 is 64.6 Å². The lowest BCUT2D eigenvalue weighted by atomic mass is 9.77. The first kappa shape index (κ1) is 78.2. The minimum absolute atomic E-state index is 0.0400. The summed E-state index contributed by atoms with van der Waals surface area (Å²) in [6.07, 6.45) is 1.84. The maximum atomic E-state index is 16.0. The molecule has 4 aliphatic heterocycles. The number of nitrogens with one attached hydrogen (secondary N) is 2. The molecule has 133 heavy (non-hydrogen) atoms. The molecule has 20 heteroatoms. The molecule has 16 aromatic carbocycles. The highest BCUT2D eigenvalue weighted by Gasteiger charge is 2.46. The molecular formula is C113H68N8O12. The topological polar surface area (TPSA) is 244 Å². The molecule has 20 aromatic rings.